The number of methoxy groups -OCH3 is 1. The lowest BCUT2D eigenvalue weighted by Gasteiger charge is -2.20. The molecule has 19 heavy (non-hydrogen) atoms. The van der Waals surface area contributed by atoms with Crippen LogP contribution in [0.5, 0.6) is 5.75 Å². The fourth-order valence-electron chi connectivity index (χ4n) is 2.31. The lowest BCUT2D eigenvalue weighted by atomic mass is 9.98. The molecule has 0 bridgehead atoms. The first-order chi connectivity index (χ1) is 9.15. The minimum absolute atomic E-state index is 0.199. The van der Waals surface area contributed by atoms with Gasteiger partial charge in [0.05, 0.1) is 13.2 Å². The molecule has 0 fully saturated rings. The van der Waals surface area contributed by atoms with Crippen molar-refractivity contribution in [3.8, 4) is 5.75 Å². The third kappa shape index (κ3) is 3.17. The number of hydrogen-bond donors (Lipinski definition) is 1. The molecule has 1 unspecified atom stereocenters. The molecule has 2 nitrogen and oxygen atoms in total. The summed E-state index contributed by atoms with van der Waals surface area (Å²) in [6.45, 7) is 7.32. The molecule has 0 amide bonds. The van der Waals surface area contributed by atoms with Crippen LogP contribution >= 0.6 is 11.3 Å². The summed E-state index contributed by atoms with van der Waals surface area (Å²) in [5.41, 5.74) is 3.78. The van der Waals surface area contributed by atoms with Gasteiger partial charge in [0.25, 0.3) is 0 Å². The first kappa shape index (κ1) is 14.1. The van der Waals surface area contributed by atoms with Crippen molar-refractivity contribution in [3.05, 3.63) is 51.2 Å². The molecule has 3 heteroatoms. The first-order valence-electron chi connectivity index (χ1n) is 6.58. The molecule has 1 aromatic heterocycles. The zero-order chi connectivity index (χ0) is 13.8. The predicted molar refractivity (Wildman–Crippen MR) is 82.3 cm³/mol. The molecule has 0 saturated carbocycles. The summed E-state index contributed by atoms with van der Waals surface area (Å²) in [6, 6.07) is 8.79. The van der Waals surface area contributed by atoms with Crippen LogP contribution in [-0.2, 0) is 0 Å². The van der Waals surface area contributed by atoms with E-state index >= 15 is 0 Å². The molecular weight excluding hydrogens is 254 g/mol. The Hall–Kier alpha value is -1.32. The smallest absolute Gasteiger partial charge is 0.123 e. The molecular formula is C16H21NOS. The molecule has 102 valence electrons. The third-order valence-corrected chi connectivity index (χ3v) is 4.07. The maximum absolute atomic E-state index is 5.52. The third-order valence-electron chi connectivity index (χ3n) is 3.19. The number of hydrogen-bond acceptors (Lipinski definition) is 3. The van der Waals surface area contributed by atoms with Crippen molar-refractivity contribution in [1.29, 1.82) is 0 Å². The van der Waals surface area contributed by atoms with Crippen LogP contribution in [0, 0.1) is 13.8 Å². The van der Waals surface area contributed by atoms with Gasteiger partial charge < -0.3 is 10.1 Å². The molecule has 0 radical (unpaired) electrons. The molecule has 0 aliphatic carbocycles. The molecule has 1 N–H and O–H groups in total. The Bertz CT molecular complexity index is 547. The van der Waals surface area contributed by atoms with Gasteiger partial charge in [0.1, 0.15) is 5.75 Å². The van der Waals surface area contributed by atoms with E-state index in [1.54, 1.807) is 18.4 Å². The van der Waals surface area contributed by atoms with Gasteiger partial charge in [-0.1, -0.05) is 24.6 Å². The topological polar surface area (TPSA) is 21.3 Å². The monoisotopic (exact) mass is 275 g/mol. The van der Waals surface area contributed by atoms with Gasteiger partial charge in [-0.25, -0.2) is 0 Å². The van der Waals surface area contributed by atoms with Crippen LogP contribution in [0.2, 0.25) is 0 Å². The minimum Gasteiger partial charge on any atom is -0.496 e. The molecule has 1 aromatic carbocycles. The van der Waals surface area contributed by atoms with E-state index in [1.807, 2.05) is 6.07 Å². The lowest BCUT2D eigenvalue weighted by Crippen LogP contribution is -2.22. The zero-order valence-electron chi connectivity index (χ0n) is 12.0. The van der Waals surface area contributed by atoms with Crippen molar-refractivity contribution in [1.82, 2.24) is 5.32 Å². The lowest BCUT2D eigenvalue weighted by molar-refractivity contribution is 0.404. The van der Waals surface area contributed by atoms with Crippen LogP contribution in [0.4, 0.5) is 0 Å². The van der Waals surface area contributed by atoms with Gasteiger partial charge in [0.15, 0.2) is 0 Å². The summed E-state index contributed by atoms with van der Waals surface area (Å²) >= 11 is 1.79. The van der Waals surface area contributed by atoms with Crippen molar-refractivity contribution >= 4 is 11.3 Å². The number of ether oxygens (including phenoxy) is 1. The van der Waals surface area contributed by atoms with E-state index in [2.05, 4.69) is 49.7 Å². The van der Waals surface area contributed by atoms with E-state index in [9.17, 15) is 0 Å². The van der Waals surface area contributed by atoms with Gasteiger partial charge in [-0.3, -0.25) is 0 Å². The van der Waals surface area contributed by atoms with E-state index in [1.165, 1.54) is 21.6 Å². The molecule has 1 heterocycles. The van der Waals surface area contributed by atoms with Crippen LogP contribution < -0.4 is 10.1 Å². The highest BCUT2D eigenvalue weighted by Gasteiger charge is 2.18. The number of thiophene rings is 1. The normalized spacial score (nSPS) is 12.4. The quantitative estimate of drug-likeness (QED) is 0.888. The summed E-state index contributed by atoms with van der Waals surface area (Å²) in [6.07, 6.45) is 0. The van der Waals surface area contributed by atoms with Gasteiger partial charge in [-0.15, -0.1) is 11.3 Å². The van der Waals surface area contributed by atoms with Gasteiger partial charge in [0.2, 0.25) is 0 Å². The van der Waals surface area contributed by atoms with Gasteiger partial charge in [0, 0.05) is 10.4 Å². The number of benzene rings is 1. The number of aryl methyl sites for hydroxylation is 2. The fraction of sp³-hybridized carbons (Fsp3) is 0.375. The Morgan fingerprint density at radius 2 is 2.05 bits per heavy atom. The fourth-order valence-corrected chi connectivity index (χ4v) is 3.04. The van der Waals surface area contributed by atoms with Crippen LogP contribution in [0.15, 0.2) is 29.6 Å². The largest absolute Gasteiger partial charge is 0.496 e. The summed E-state index contributed by atoms with van der Waals surface area (Å²) in [5, 5.41) is 5.78. The van der Waals surface area contributed by atoms with Gasteiger partial charge >= 0.3 is 0 Å². The second-order valence-corrected chi connectivity index (χ2v) is 5.84. The van der Waals surface area contributed by atoms with E-state index in [0.717, 1.165) is 12.3 Å². The zero-order valence-corrected chi connectivity index (χ0v) is 12.8. The highest BCUT2D eigenvalue weighted by molar-refractivity contribution is 7.10. The summed E-state index contributed by atoms with van der Waals surface area (Å²) < 4.78 is 5.52. The highest BCUT2D eigenvalue weighted by Crippen LogP contribution is 2.32. The van der Waals surface area contributed by atoms with E-state index in [-0.39, 0.29) is 6.04 Å². The van der Waals surface area contributed by atoms with Crippen molar-refractivity contribution < 1.29 is 4.74 Å². The molecule has 2 aromatic rings. The second-order valence-electron chi connectivity index (χ2n) is 4.73. The molecule has 0 saturated heterocycles. The molecule has 0 aliphatic heterocycles. The SMILES string of the molecule is CCNC(c1csc(C)c1)c1cc(C)ccc1OC. The number of rotatable bonds is 5. The Morgan fingerprint density at radius 3 is 2.63 bits per heavy atom. The molecule has 1 atom stereocenters. The van der Waals surface area contributed by atoms with Crippen LogP contribution in [-0.4, -0.2) is 13.7 Å². The maximum Gasteiger partial charge on any atom is 0.123 e. The van der Waals surface area contributed by atoms with Gasteiger partial charge in [-0.2, -0.15) is 0 Å². The minimum atomic E-state index is 0.199. The maximum atomic E-state index is 5.52. The van der Waals surface area contributed by atoms with Crippen molar-refractivity contribution in [2.45, 2.75) is 26.8 Å². The Kier molecular flexibility index (Phi) is 4.61. The van der Waals surface area contributed by atoms with Crippen LogP contribution in [0.3, 0.4) is 0 Å². The average molecular weight is 275 g/mol. The first-order valence-corrected chi connectivity index (χ1v) is 7.46. The Morgan fingerprint density at radius 1 is 1.26 bits per heavy atom. The van der Waals surface area contributed by atoms with E-state index in [4.69, 9.17) is 4.74 Å². The highest BCUT2D eigenvalue weighted by atomic mass is 32.1. The average Bonchev–Trinajstić information content (AvgIpc) is 2.82. The molecule has 0 aliphatic rings. The van der Waals surface area contributed by atoms with Crippen molar-refractivity contribution in [3.63, 3.8) is 0 Å². The summed E-state index contributed by atoms with van der Waals surface area (Å²) in [4.78, 5) is 1.34. The van der Waals surface area contributed by atoms with Crippen molar-refractivity contribution in [2.75, 3.05) is 13.7 Å². The van der Waals surface area contributed by atoms with Crippen LogP contribution in [0.25, 0.3) is 0 Å². The Balaban J connectivity index is 2.46. The second kappa shape index (κ2) is 6.22. The number of nitrogens with one attached hydrogen (secondary N) is 1. The Labute approximate surface area is 119 Å². The molecule has 2 rings (SSSR count). The summed E-state index contributed by atoms with van der Waals surface area (Å²) in [5.74, 6) is 0.945. The van der Waals surface area contributed by atoms with Crippen molar-refractivity contribution in [2.24, 2.45) is 0 Å². The van der Waals surface area contributed by atoms with E-state index < -0.39 is 0 Å². The van der Waals surface area contributed by atoms with Crippen LogP contribution in [0.1, 0.15) is 34.5 Å². The summed E-state index contributed by atoms with van der Waals surface area (Å²) in [7, 11) is 1.73. The standard InChI is InChI=1S/C16H21NOS/c1-5-17-16(13-9-12(3)19-10-13)14-8-11(2)6-7-15(14)18-4/h6-10,16-17H,5H2,1-4H3. The predicted octanol–water partition coefficient (Wildman–Crippen LogP) is 4.07. The van der Waals surface area contributed by atoms with Gasteiger partial charge in [-0.05, 0) is 43.5 Å². The molecule has 0 spiro atoms. The van der Waals surface area contributed by atoms with E-state index in [0.29, 0.717) is 0 Å².